The lowest BCUT2D eigenvalue weighted by Gasteiger charge is -2.26. The van der Waals surface area contributed by atoms with E-state index in [2.05, 4.69) is 37.1 Å². The summed E-state index contributed by atoms with van der Waals surface area (Å²) in [7, 11) is 0. The first-order valence-corrected chi connectivity index (χ1v) is 7.68. The van der Waals surface area contributed by atoms with E-state index in [0.717, 1.165) is 42.7 Å². The molecule has 0 radical (unpaired) electrons. The Bertz CT molecular complexity index is 478. The highest BCUT2D eigenvalue weighted by Gasteiger charge is 2.34. The summed E-state index contributed by atoms with van der Waals surface area (Å²) in [4.78, 5) is 15.0. The molecule has 0 bridgehead atoms. The Labute approximate surface area is 122 Å². The fraction of sp³-hybridized carbons (Fsp3) is 0.588. The highest BCUT2D eigenvalue weighted by Crippen LogP contribution is 2.30. The molecule has 0 spiro atoms. The molecule has 1 aliphatic carbocycles. The Balaban J connectivity index is 2.27. The molecule has 3 heteroatoms. The molecule has 3 nitrogen and oxygen atoms in total. The molecule has 1 aliphatic rings. The number of aryl methyl sites for hydroxylation is 1. The maximum Gasteiger partial charge on any atom is 0.256 e. The first kappa shape index (κ1) is 14.9. The molecule has 1 aromatic rings. The number of nitrogens with one attached hydrogen (secondary N) is 1. The molecule has 20 heavy (non-hydrogen) atoms. The van der Waals surface area contributed by atoms with Crippen LogP contribution in [0.3, 0.4) is 0 Å². The van der Waals surface area contributed by atoms with Crippen LogP contribution >= 0.6 is 0 Å². The summed E-state index contributed by atoms with van der Waals surface area (Å²) in [5.41, 5.74) is 2.91. The van der Waals surface area contributed by atoms with Crippen LogP contribution in [0.1, 0.15) is 49.5 Å². The largest absolute Gasteiger partial charge is 0.385 e. The lowest BCUT2D eigenvalue weighted by molar-refractivity contribution is 0.0723. The van der Waals surface area contributed by atoms with E-state index in [1.54, 1.807) is 0 Å². The molecule has 0 aromatic heterocycles. The van der Waals surface area contributed by atoms with Crippen molar-refractivity contribution in [3.8, 4) is 0 Å². The highest BCUT2D eigenvalue weighted by atomic mass is 16.2. The molecule has 2 rings (SSSR count). The smallest absolute Gasteiger partial charge is 0.256 e. The first-order chi connectivity index (χ1) is 9.52. The van der Waals surface area contributed by atoms with Gasteiger partial charge in [0.25, 0.3) is 5.91 Å². The predicted molar refractivity (Wildman–Crippen MR) is 84.2 cm³/mol. The molecule has 1 saturated carbocycles. The van der Waals surface area contributed by atoms with E-state index >= 15 is 0 Å². The zero-order chi connectivity index (χ0) is 14.7. The van der Waals surface area contributed by atoms with Gasteiger partial charge in [-0.05, 0) is 44.7 Å². The molecule has 1 N–H and O–H groups in total. The van der Waals surface area contributed by atoms with Crippen molar-refractivity contribution in [1.82, 2.24) is 4.90 Å². The fourth-order valence-electron chi connectivity index (χ4n) is 2.51. The third-order valence-electron chi connectivity index (χ3n) is 3.58. The summed E-state index contributed by atoms with van der Waals surface area (Å²) in [5, 5.41) is 3.30. The van der Waals surface area contributed by atoms with Crippen LogP contribution in [0.4, 0.5) is 5.69 Å². The Morgan fingerprint density at radius 2 is 2.10 bits per heavy atom. The van der Waals surface area contributed by atoms with Crippen molar-refractivity contribution in [2.45, 2.75) is 46.6 Å². The third-order valence-corrected chi connectivity index (χ3v) is 3.58. The quantitative estimate of drug-likeness (QED) is 0.858. The van der Waals surface area contributed by atoms with Gasteiger partial charge in [0.05, 0.1) is 5.56 Å². The van der Waals surface area contributed by atoms with E-state index in [9.17, 15) is 4.79 Å². The molecule has 0 aliphatic heterocycles. The minimum Gasteiger partial charge on any atom is -0.385 e. The van der Waals surface area contributed by atoms with Gasteiger partial charge in [-0.15, -0.1) is 0 Å². The van der Waals surface area contributed by atoms with Gasteiger partial charge in [-0.2, -0.15) is 0 Å². The average Bonchev–Trinajstić information content (AvgIpc) is 3.21. The molecule has 110 valence electrons. The monoisotopic (exact) mass is 274 g/mol. The summed E-state index contributed by atoms with van der Waals surface area (Å²) in [6.45, 7) is 10.1. The summed E-state index contributed by atoms with van der Waals surface area (Å²) < 4.78 is 0. The number of hydrogen-bond donors (Lipinski definition) is 1. The average molecular weight is 274 g/mol. The van der Waals surface area contributed by atoms with Crippen LogP contribution in [-0.2, 0) is 0 Å². The Kier molecular flexibility index (Phi) is 4.69. The Morgan fingerprint density at radius 1 is 1.40 bits per heavy atom. The van der Waals surface area contributed by atoms with Crippen LogP contribution in [-0.4, -0.2) is 29.9 Å². The van der Waals surface area contributed by atoms with E-state index in [1.165, 1.54) is 0 Å². The summed E-state index contributed by atoms with van der Waals surface area (Å²) in [6.07, 6.45) is 2.31. The van der Waals surface area contributed by atoms with Crippen LogP contribution < -0.4 is 5.32 Å². The van der Waals surface area contributed by atoms with Gasteiger partial charge in [0, 0.05) is 24.8 Å². The number of carbonyl (C=O) groups is 1. The molecule has 0 heterocycles. The molecular weight excluding hydrogens is 248 g/mol. The number of benzene rings is 1. The lowest BCUT2D eigenvalue weighted by Crippen LogP contribution is -2.36. The summed E-state index contributed by atoms with van der Waals surface area (Å²) in [6, 6.07) is 6.54. The normalized spacial score (nSPS) is 14.4. The number of hydrogen-bond acceptors (Lipinski definition) is 2. The SMILES string of the molecule is CCNc1ccc(C)cc1C(=O)N(CC(C)C)C1CC1. The maximum atomic E-state index is 12.9. The van der Waals surface area contributed by atoms with Crippen LogP contribution in [0.2, 0.25) is 0 Å². The second-order valence-corrected chi connectivity index (χ2v) is 6.16. The minimum atomic E-state index is 0.181. The van der Waals surface area contributed by atoms with Gasteiger partial charge < -0.3 is 10.2 Å². The van der Waals surface area contributed by atoms with Crippen molar-refractivity contribution in [3.63, 3.8) is 0 Å². The van der Waals surface area contributed by atoms with Crippen molar-refractivity contribution in [3.05, 3.63) is 29.3 Å². The van der Waals surface area contributed by atoms with Crippen molar-refractivity contribution in [2.24, 2.45) is 5.92 Å². The van der Waals surface area contributed by atoms with E-state index in [4.69, 9.17) is 0 Å². The van der Waals surface area contributed by atoms with Gasteiger partial charge in [0.1, 0.15) is 0 Å². The Hall–Kier alpha value is -1.51. The molecule has 0 atom stereocenters. The zero-order valence-electron chi connectivity index (χ0n) is 13.1. The summed E-state index contributed by atoms with van der Waals surface area (Å²) >= 11 is 0. The number of rotatable bonds is 6. The van der Waals surface area contributed by atoms with Crippen molar-refractivity contribution < 1.29 is 4.79 Å². The fourth-order valence-corrected chi connectivity index (χ4v) is 2.51. The molecule has 0 saturated heterocycles. The van der Waals surface area contributed by atoms with Crippen LogP contribution in [0.25, 0.3) is 0 Å². The lowest BCUT2D eigenvalue weighted by atomic mass is 10.1. The van der Waals surface area contributed by atoms with E-state index in [0.29, 0.717) is 12.0 Å². The van der Waals surface area contributed by atoms with Crippen molar-refractivity contribution in [2.75, 3.05) is 18.4 Å². The number of nitrogens with zero attached hydrogens (tertiary/aromatic N) is 1. The van der Waals surface area contributed by atoms with Crippen LogP contribution in [0.5, 0.6) is 0 Å². The van der Waals surface area contributed by atoms with Crippen LogP contribution in [0, 0.1) is 12.8 Å². The topological polar surface area (TPSA) is 32.3 Å². The maximum absolute atomic E-state index is 12.9. The number of carbonyl (C=O) groups excluding carboxylic acids is 1. The van der Waals surface area contributed by atoms with E-state index in [1.807, 2.05) is 19.1 Å². The molecule has 0 unspecified atom stereocenters. The minimum absolute atomic E-state index is 0.181. The van der Waals surface area contributed by atoms with Gasteiger partial charge in [-0.25, -0.2) is 0 Å². The second-order valence-electron chi connectivity index (χ2n) is 6.16. The first-order valence-electron chi connectivity index (χ1n) is 7.68. The molecule has 1 fully saturated rings. The van der Waals surface area contributed by atoms with Crippen molar-refractivity contribution in [1.29, 1.82) is 0 Å². The second kappa shape index (κ2) is 6.29. The molecular formula is C17H26N2O. The third kappa shape index (κ3) is 3.53. The van der Waals surface area contributed by atoms with Crippen molar-refractivity contribution >= 4 is 11.6 Å². The van der Waals surface area contributed by atoms with Gasteiger partial charge in [0.2, 0.25) is 0 Å². The standard InChI is InChI=1S/C17H26N2O/c1-5-18-16-9-6-13(4)10-15(16)17(20)19(11-12(2)3)14-7-8-14/h6,9-10,12,14,18H,5,7-8,11H2,1-4H3. The summed E-state index contributed by atoms with van der Waals surface area (Å²) in [5.74, 6) is 0.688. The van der Waals surface area contributed by atoms with Crippen LogP contribution in [0.15, 0.2) is 18.2 Å². The Morgan fingerprint density at radius 3 is 2.65 bits per heavy atom. The molecule has 1 amide bonds. The zero-order valence-corrected chi connectivity index (χ0v) is 13.1. The number of amides is 1. The highest BCUT2D eigenvalue weighted by molar-refractivity contribution is 6.00. The van der Waals surface area contributed by atoms with Gasteiger partial charge in [-0.3, -0.25) is 4.79 Å². The van der Waals surface area contributed by atoms with Gasteiger partial charge in [0.15, 0.2) is 0 Å². The van der Waals surface area contributed by atoms with E-state index < -0.39 is 0 Å². The van der Waals surface area contributed by atoms with Gasteiger partial charge in [-0.1, -0.05) is 25.5 Å². The molecule has 1 aromatic carbocycles. The van der Waals surface area contributed by atoms with Gasteiger partial charge >= 0.3 is 0 Å². The number of anilines is 1. The predicted octanol–water partition coefficient (Wildman–Crippen LogP) is 3.69. The van der Waals surface area contributed by atoms with E-state index in [-0.39, 0.29) is 5.91 Å².